The van der Waals surface area contributed by atoms with Gasteiger partial charge in [0.2, 0.25) is 0 Å². The summed E-state index contributed by atoms with van der Waals surface area (Å²) < 4.78 is 11.4. The number of carbonyl (C=O) groups is 2. The molecule has 1 amide bonds. The third-order valence-electron chi connectivity index (χ3n) is 4.83. The molecule has 1 aromatic carbocycles. The molecule has 7 heteroatoms. The molecule has 2 heterocycles. The Morgan fingerprint density at radius 2 is 1.79 bits per heavy atom. The Labute approximate surface area is 175 Å². The molecule has 0 aliphatic carbocycles. The number of hydrogen-bond donors (Lipinski definition) is 1. The highest BCUT2D eigenvalue weighted by Crippen LogP contribution is 2.22. The molecule has 3 rings (SSSR count). The van der Waals surface area contributed by atoms with Gasteiger partial charge >= 0.3 is 5.97 Å². The molecule has 1 aromatic heterocycles. The van der Waals surface area contributed by atoms with Crippen molar-refractivity contribution in [3.05, 3.63) is 46.7 Å². The maximum Gasteiger partial charge on any atom is 0.329 e. The van der Waals surface area contributed by atoms with Gasteiger partial charge in [0.25, 0.3) is 5.91 Å². The van der Waals surface area contributed by atoms with Crippen molar-refractivity contribution >= 4 is 28.9 Å². The van der Waals surface area contributed by atoms with Crippen LogP contribution in [0.2, 0.25) is 0 Å². The molecule has 156 valence electrons. The predicted molar refractivity (Wildman–Crippen MR) is 115 cm³/mol. The van der Waals surface area contributed by atoms with Crippen LogP contribution >= 0.6 is 11.3 Å². The van der Waals surface area contributed by atoms with Crippen molar-refractivity contribution in [2.45, 2.75) is 45.9 Å². The molecule has 6 nitrogen and oxygen atoms in total. The van der Waals surface area contributed by atoms with Crippen LogP contribution in [0.15, 0.2) is 41.1 Å². The Hall–Kier alpha value is -2.22. The molecule has 3 unspecified atom stereocenters. The van der Waals surface area contributed by atoms with Gasteiger partial charge in [0.1, 0.15) is 11.8 Å². The Kier molecular flexibility index (Phi) is 7.05. The van der Waals surface area contributed by atoms with Crippen molar-refractivity contribution in [2.75, 3.05) is 18.4 Å². The summed E-state index contributed by atoms with van der Waals surface area (Å²) in [6, 6.07) is 8.30. The summed E-state index contributed by atoms with van der Waals surface area (Å²) in [6.45, 7) is 9.51. The van der Waals surface area contributed by atoms with Crippen LogP contribution in [0.25, 0.3) is 0 Å². The van der Waals surface area contributed by atoms with Crippen molar-refractivity contribution in [2.24, 2.45) is 5.92 Å². The minimum absolute atomic E-state index is 0.0823. The molecule has 1 aliphatic rings. The second kappa shape index (κ2) is 9.52. The molecule has 0 bridgehead atoms. The summed E-state index contributed by atoms with van der Waals surface area (Å²) >= 11 is 1.47. The molecule has 29 heavy (non-hydrogen) atoms. The van der Waals surface area contributed by atoms with Crippen LogP contribution in [0, 0.1) is 5.92 Å². The number of ether oxygens (including phenoxy) is 2. The van der Waals surface area contributed by atoms with Gasteiger partial charge in [-0.1, -0.05) is 13.8 Å². The minimum atomic E-state index is -0.332. The highest BCUT2D eigenvalue weighted by molar-refractivity contribution is 7.08. The highest BCUT2D eigenvalue weighted by Gasteiger charge is 2.35. The van der Waals surface area contributed by atoms with Crippen LogP contribution in [0.5, 0.6) is 5.75 Å². The number of anilines is 1. The molecule has 1 N–H and O–H groups in total. The van der Waals surface area contributed by atoms with Gasteiger partial charge in [-0.15, -0.1) is 0 Å². The maximum atomic E-state index is 12.9. The van der Waals surface area contributed by atoms with Crippen LogP contribution in [0.4, 0.5) is 5.69 Å². The fraction of sp³-hybridized carbons (Fsp3) is 0.455. The number of carbonyl (C=O) groups excluding carboxylic acids is 2. The van der Waals surface area contributed by atoms with E-state index in [0.717, 1.165) is 0 Å². The topological polar surface area (TPSA) is 67.9 Å². The number of nitrogens with zero attached hydrogens (tertiary/aromatic N) is 1. The van der Waals surface area contributed by atoms with E-state index in [0.29, 0.717) is 30.1 Å². The fourth-order valence-corrected chi connectivity index (χ4v) is 4.30. The van der Waals surface area contributed by atoms with E-state index in [1.54, 1.807) is 35.7 Å². The molecule has 3 atom stereocenters. The summed E-state index contributed by atoms with van der Waals surface area (Å²) in [6.07, 6.45) is 0.165. The summed E-state index contributed by atoms with van der Waals surface area (Å²) in [5, 5.41) is 6.49. The van der Waals surface area contributed by atoms with Gasteiger partial charge in [0.05, 0.1) is 17.8 Å². The zero-order valence-corrected chi connectivity index (χ0v) is 18.1. The van der Waals surface area contributed by atoms with E-state index in [9.17, 15) is 9.59 Å². The third kappa shape index (κ3) is 5.65. The van der Waals surface area contributed by atoms with E-state index in [1.807, 2.05) is 33.1 Å². The van der Waals surface area contributed by atoms with Crippen molar-refractivity contribution in [3.63, 3.8) is 0 Å². The highest BCUT2D eigenvalue weighted by atomic mass is 32.1. The van der Waals surface area contributed by atoms with E-state index in [1.165, 1.54) is 11.3 Å². The molecule has 1 aliphatic heterocycles. The van der Waals surface area contributed by atoms with Gasteiger partial charge in [-0.2, -0.15) is 11.3 Å². The summed E-state index contributed by atoms with van der Waals surface area (Å²) in [5.41, 5.74) is 1.27. The van der Waals surface area contributed by atoms with Crippen molar-refractivity contribution in [1.82, 2.24) is 4.90 Å². The number of nitrogens with one attached hydrogen (secondary N) is 1. The maximum absolute atomic E-state index is 12.9. The molecule has 0 radical (unpaired) electrons. The quantitative estimate of drug-likeness (QED) is 0.569. The van der Waals surface area contributed by atoms with Gasteiger partial charge in [0.15, 0.2) is 0 Å². The van der Waals surface area contributed by atoms with Crippen molar-refractivity contribution in [1.29, 1.82) is 0 Å². The van der Waals surface area contributed by atoms with Crippen molar-refractivity contribution in [3.8, 4) is 5.75 Å². The van der Waals surface area contributed by atoms with Crippen LogP contribution < -0.4 is 10.1 Å². The first kappa shape index (κ1) is 21.5. The van der Waals surface area contributed by atoms with Crippen LogP contribution in [0.3, 0.4) is 0 Å². The zero-order valence-electron chi connectivity index (χ0n) is 17.3. The Bertz CT molecular complexity index is 810. The van der Waals surface area contributed by atoms with Crippen LogP contribution in [0.1, 0.15) is 38.1 Å². The Balaban J connectivity index is 1.63. The second-order valence-electron chi connectivity index (χ2n) is 7.81. The molecule has 1 fully saturated rings. The number of rotatable bonds is 6. The van der Waals surface area contributed by atoms with E-state index in [2.05, 4.69) is 10.2 Å². The molecule has 0 spiro atoms. The van der Waals surface area contributed by atoms with E-state index in [-0.39, 0.29) is 36.0 Å². The molecule has 0 saturated carbocycles. The third-order valence-corrected chi connectivity index (χ3v) is 5.51. The van der Waals surface area contributed by atoms with E-state index < -0.39 is 0 Å². The minimum Gasteiger partial charge on any atom is -0.425 e. The molecular weight excluding hydrogens is 388 g/mol. The Morgan fingerprint density at radius 3 is 2.34 bits per heavy atom. The van der Waals surface area contributed by atoms with E-state index in [4.69, 9.17) is 9.47 Å². The smallest absolute Gasteiger partial charge is 0.329 e. The molecule has 2 aromatic rings. The van der Waals surface area contributed by atoms with Gasteiger partial charge in [-0.05, 0) is 55.5 Å². The average Bonchev–Trinajstić information content (AvgIpc) is 3.17. The van der Waals surface area contributed by atoms with Gasteiger partial charge in [-0.3, -0.25) is 9.69 Å². The SMILES string of the molecule is CC1CN(C(C(=O)Oc2ccc(NC(=O)c3ccsc3)cc2)C(C)C)CC(C)O1. The number of hydrogen-bond acceptors (Lipinski definition) is 6. The lowest BCUT2D eigenvalue weighted by atomic mass is 10.0. The molecule has 1 saturated heterocycles. The number of thiophene rings is 1. The largest absolute Gasteiger partial charge is 0.425 e. The Morgan fingerprint density at radius 1 is 1.14 bits per heavy atom. The summed E-state index contributed by atoms with van der Waals surface area (Å²) in [4.78, 5) is 27.2. The zero-order chi connectivity index (χ0) is 21.0. The first-order chi connectivity index (χ1) is 13.8. The second-order valence-corrected chi connectivity index (χ2v) is 8.59. The standard InChI is InChI=1S/C22H28N2O4S/c1-14(2)20(24-11-15(3)27-16(4)12-24)22(26)28-19-7-5-18(6-8-19)23-21(25)17-9-10-29-13-17/h5-10,13-16,20H,11-12H2,1-4H3,(H,23,25). The van der Waals surface area contributed by atoms with Gasteiger partial charge in [0, 0.05) is 24.2 Å². The first-order valence-electron chi connectivity index (χ1n) is 9.88. The predicted octanol–water partition coefficient (Wildman–Crippen LogP) is 4.04. The van der Waals surface area contributed by atoms with Crippen LogP contribution in [-0.4, -0.2) is 48.1 Å². The van der Waals surface area contributed by atoms with Crippen LogP contribution in [-0.2, 0) is 9.53 Å². The normalized spacial score (nSPS) is 21.0. The number of benzene rings is 1. The van der Waals surface area contributed by atoms with Gasteiger partial charge < -0.3 is 14.8 Å². The lowest BCUT2D eigenvalue weighted by Crippen LogP contribution is -2.55. The van der Waals surface area contributed by atoms with Crippen molar-refractivity contribution < 1.29 is 19.1 Å². The van der Waals surface area contributed by atoms with Gasteiger partial charge in [-0.25, -0.2) is 4.79 Å². The number of morpholine rings is 1. The average molecular weight is 417 g/mol. The summed E-state index contributed by atoms with van der Waals surface area (Å²) in [5.74, 6) is 0.149. The number of esters is 1. The fourth-order valence-electron chi connectivity index (χ4n) is 3.67. The monoisotopic (exact) mass is 416 g/mol. The first-order valence-corrected chi connectivity index (χ1v) is 10.8. The van der Waals surface area contributed by atoms with E-state index >= 15 is 0 Å². The summed E-state index contributed by atoms with van der Waals surface area (Å²) in [7, 11) is 0. The lowest BCUT2D eigenvalue weighted by molar-refractivity contribution is -0.148. The number of amides is 1. The lowest BCUT2D eigenvalue weighted by Gasteiger charge is -2.40. The molecular formula is C22H28N2O4S.